The molecule has 0 saturated heterocycles. The van der Waals surface area contributed by atoms with Gasteiger partial charge in [-0.25, -0.2) is 4.79 Å². The van der Waals surface area contributed by atoms with E-state index in [4.69, 9.17) is 18.9 Å². The second kappa shape index (κ2) is 78.9. The average Bonchev–Trinajstić information content (AvgIpc) is 2.62. The highest BCUT2D eigenvalue weighted by molar-refractivity contribution is 5.71. The molecule has 0 aromatic carbocycles. The first kappa shape index (κ1) is 94.2. The molecular formula is C90H154NO8+. The van der Waals surface area contributed by atoms with E-state index in [1.165, 1.54) is 193 Å². The number of likely N-dealkylation sites (N-methyl/N-ethyl adjacent to an activating group) is 1. The Morgan fingerprint density at radius 1 is 0.313 bits per heavy atom. The molecule has 2 unspecified atom stereocenters. The van der Waals surface area contributed by atoms with Gasteiger partial charge in [0.1, 0.15) is 13.2 Å². The number of carboxylic acid groups (broad SMARTS) is 1. The topological polar surface area (TPSA) is 108 Å². The zero-order chi connectivity index (χ0) is 71.8. The number of carbonyl (C=O) groups is 3. The van der Waals surface area contributed by atoms with E-state index in [2.05, 4.69) is 160 Å². The Labute approximate surface area is 611 Å². The summed E-state index contributed by atoms with van der Waals surface area (Å²) >= 11 is 0. The number of ether oxygens (including phenoxy) is 4. The van der Waals surface area contributed by atoms with Crippen LogP contribution in [0.2, 0.25) is 0 Å². The Morgan fingerprint density at radius 3 is 0.859 bits per heavy atom. The maximum absolute atomic E-state index is 13.0. The van der Waals surface area contributed by atoms with E-state index in [1.54, 1.807) is 0 Å². The highest BCUT2D eigenvalue weighted by Gasteiger charge is 2.25. The molecule has 566 valence electrons. The third-order valence-electron chi connectivity index (χ3n) is 17.6. The van der Waals surface area contributed by atoms with Crippen molar-refractivity contribution in [3.63, 3.8) is 0 Å². The Balaban J connectivity index is 4.13. The van der Waals surface area contributed by atoms with Crippen LogP contribution in [0, 0.1) is 0 Å². The van der Waals surface area contributed by atoms with Gasteiger partial charge < -0.3 is 28.5 Å². The molecule has 9 heteroatoms. The third kappa shape index (κ3) is 80.4. The molecule has 0 aromatic heterocycles. The van der Waals surface area contributed by atoms with Crippen LogP contribution < -0.4 is 0 Å². The van der Waals surface area contributed by atoms with Gasteiger partial charge in [0.2, 0.25) is 0 Å². The van der Waals surface area contributed by atoms with Crippen molar-refractivity contribution in [1.29, 1.82) is 0 Å². The van der Waals surface area contributed by atoms with Crippen molar-refractivity contribution in [2.24, 2.45) is 0 Å². The first-order valence-corrected chi connectivity index (χ1v) is 41.0. The van der Waals surface area contributed by atoms with Crippen LogP contribution in [-0.4, -0.2) is 87.4 Å². The Kier molecular flexibility index (Phi) is 75.0. The second-order valence-corrected chi connectivity index (χ2v) is 28.4. The van der Waals surface area contributed by atoms with Gasteiger partial charge in [0, 0.05) is 12.8 Å². The third-order valence-corrected chi connectivity index (χ3v) is 17.6. The maximum atomic E-state index is 13.0. The minimum absolute atomic E-state index is 0.177. The molecule has 0 aliphatic carbocycles. The minimum atomic E-state index is -1.53. The lowest BCUT2D eigenvalue weighted by molar-refractivity contribution is -0.870. The summed E-state index contributed by atoms with van der Waals surface area (Å²) in [5.74, 6) is -2.04. The van der Waals surface area contributed by atoms with Crippen LogP contribution >= 0.6 is 0 Å². The van der Waals surface area contributed by atoms with Gasteiger partial charge in [0.05, 0.1) is 34.4 Å². The van der Waals surface area contributed by atoms with Crippen molar-refractivity contribution in [2.45, 2.75) is 360 Å². The second-order valence-electron chi connectivity index (χ2n) is 28.4. The number of nitrogens with zero attached hydrogens (tertiary/aromatic N) is 1. The molecule has 1 N–H and O–H groups in total. The summed E-state index contributed by atoms with van der Waals surface area (Å²) in [4.78, 5) is 37.7. The van der Waals surface area contributed by atoms with Crippen molar-refractivity contribution in [3.05, 3.63) is 146 Å². The zero-order valence-electron chi connectivity index (χ0n) is 64.9. The number of carbonyl (C=O) groups excluding carboxylic acids is 2. The smallest absolute Gasteiger partial charge is 0.361 e. The van der Waals surface area contributed by atoms with Crippen molar-refractivity contribution < 1.29 is 42.9 Å². The quantitative estimate of drug-likeness (QED) is 0.0211. The number of quaternary nitrogens is 1. The highest BCUT2D eigenvalue weighted by Crippen LogP contribution is 2.19. The predicted octanol–water partition coefficient (Wildman–Crippen LogP) is 26.6. The summed E-state index contributed by atoms with van der Waals surface area (Å²) < 4.78 is 23.0. The summed E-state index contributed by atoms with van der Waals surface area (Å²) in [6, 6.07) is 0. The van der Waals surface area contributed by atoms with E-state index in [9.17, 15) is 19.5 Å². The first-order valence-electron chi connectivity index (χ1n) is 41.0. The molecule has 0 aromatic rings. The predicted molar refractivity (Wildman–Crippen MR) is 428 cm³/mol. The van der Waals surface area contributed by atoms with Gasteiger partial charge in [-0.05, 0) is 103 Å². The van der Waals surface area contributed by atoms with Crippen molar-refractivity contribution in [1.82, 2.24) is 0 Å². The standard InChI is InChI=1S/C90H153NO8/c1-6-8-10-12-14-16-18-20-22-24-26-28-30-32-34-36-38-40-41-42-43-44-45-46-47-49-51-53-55-57-59-61-63-65-67-69-71-73-75-77-79-81-88(93)99-86(85-98-90(89(94)95)96-83-82-91(3,4)5)84-97-87(92)80-78-76-74-72-70-68-66-64-62-60-58-56-54-52-50-48-39-37-35-33-31-29-27-25-23-21-19-17-15-13-11-9-7-2/h8,10,14,16,20,22,26,28,32,34,38,40,42-43,45-46,49,51,55,57,61,63,67,69,86,90H,6-7,9,11-13,15,17-19,21,23-25,27,29-31,33,35-37,39,41,44,47-48,50,52-54,56,58-60,62,64-66,68,70-85H2,1-5H3/p+1/b10-8-,16-14-,22-20-,28-26-,34-32-,40-38-,43-42-,46-45-,51-49-,57-55-,63-61-,69-67-. The normalized spacial score (nSPS) is 13.4. The lowest BCUT2D eigenvalue weighted by Gasteiger charge is -2.25. The number of hydrogen-bond donors (Lipinski definition) is 1. The molecule has 0 bridgehead atoms. The molecule has 2 atom stereocenters. The van der Waals surface area contributed by atoms with Crippen LogP contribution in [0.4, 0.5) is 0 Å². The van der Waals surface area contributed by atoms with Crippen molar-refractivity contribution in [2.75, 3.05) is 47.5 Å². The zero-order valence-corrected chi connectivity index (χ0v) is 64.9. The summed E-state index contributed by atoms with van der Waals surface area (Å²) in [6.07, 6.45) is 113. The fourth-order valence-corrected chi connectivity index (χ4v) is 11.4. The van der Waals surface area contributed by atoms with E-state index in [-0.39, 0.29) is 32.2 Å². The summed E-state index contributed by atoms with van der Waals surface area (Å²) in [7, 11) is 5.97. The van der Waals surface area contributed by atoms with Gasteiger partial charge in [-0.1, -0.05) is 378 Å². The number of unbranched alkanes of at least 4 members (excludes halogenated alkanes) is 36. The molecule has 9 nitrogen and oxygen atoms in total. The summed E-state index contributed by atoms with van der Waals surface area (Å²) in [5, 5.41) is 9.77. The molecule has 0 amide bonds. The number of aliphatic carboxylic acids is 1. The summed E-state index contributed by atoms with van der Waals surface area (Å²) in [6.45, 7) is 4.76. The maximum Gasteiger partial charge on any atom is 0.361 e. The van der Waals surface area contributed by atoms with Crippen LogP contribution in [-0.2, 0) is 33.3 Å². The van der Waals surface area contributed by atoms with Crippen molar-refractivity contribution >= 4 is 17.9 Å². The average molecular weight is 1380 g/mol. The fourth-order valence-electron chi connectivity index (χ4n) is 11.4. The van der Waals surface area contributed by atoms with Gasteiger partial charge in [-0.2, -0.15) is 0 Å². The SMILES string of the molecule is CC/C=C\C/C=C\C/C=C\C/C=C\C/C=C\C/C=C\C/C=C\C/C=C\C/C=C\C/C=C\C/C=C\C/C=C\CCCCCCC(=O)OC(COC(=O)CCCCCCCCCCCCCCCCCCCCCCCCCCCCCCCCCCC)COC(OCC[N+](C)(C)C)C(=O)O. The Morgan fingerprint density at radius 2 is 0.576 bits per heavy atom. The molecule has 0 radical (unpaired) electrons. The number of esters is 2. The van der Waals surface area contributed by atoms with E-state index in [1.807, 2.05) is 21.1 Å². The Bertz CT molecular complexity index is 2150. The van der Waals surface area contributed by atoms with Gasteiger partial charge >= 0.3 is 17.9 Å². The first-order chi connectivity index (χ1) is 48.6. The van der Waals surface area contributed by atoms with Gasteiger partial charge in [0.25, 0.3) is 6.29 Å². The lowest BCUT2D eigenvalue weighted by atomic mass is 10.0. The Hall–Kier alpha value is -4.83. The number of allylic oxidation sites excluding steroid dienone is 24. The van der Waals surface area contributed by atoms with Crippen LogP contribution in [0.25, 0.3) is 0 Å². The van der Waals surface area contributed by atoms with Gasteiger partial charge in [0.15, 0.2) is 6.10 Å². The number of hydrogen-bond acceptors (Lipinski definition) is 7. The minimum Gasteiger partial charge on any atom is -0.477 e. The lowest BCUT2D eigenvalue weighted by Crippen LogP contribution is -2.40. The molecule has 0 rings (SSSR count). The van der Waals surface area contributed by atoms with E-state index >= 15 is 0 Å². The van der Waals surface area contributed by atoms with E-state index < -0.39 is 24.3 Å². The molecular weight excluding hydrogens is 1220 g/mol. The van der Waals surface area contributed by atoms with Crippen LogP contribution in [0.15, 0.2) is 146 Å². The largest absolute Gasteiger partial charge is 0.477 e. The molecule has 99 heavy (non-hydrogen) atoms. The molecule has 0 aliphatic rings. The van der Waals surface area contributed by atoms with E-state index in [0.717, 1.165) is 122 Å². The molecule has 0 spiro atoms. The highest BCUT2D eigenvalue weighted by atomic mass is 16.7. The number of carboxylic acids is 1. The van der Waals surface area contributed by atoms with Gasteiger partial charge in [-0.15, -0.1) is 0 Å². The molecule has 0 saturated carbocycles. The molecule has 0 heterocycles. The summed E-state index contributed by atoms with van der Waals surface area (Å²) in [5.41, 5.74) is 0. The van der Waals surface area contributed by atoms with Crippen LogP contribution in [0.1, 0.15) is 348 Å². The van der Waals surface area contributed by atoms with Crippen LogP contribution in [0.3, 0.4) is 0 Å². The number of rotatable bonds is 75. The monoisotopic (exact) mass is 1380 g/mol. The van der Waals surface area contributed by atoms with Crippen molar-refractivity contribution in [3.8, 4) is 0 Å². The fraction of sp³-hybridized carbons (Fsp3) is 0.700. The molecule has 0 aliphatic heterocycles. The molecule has 0 fully saturated rings. The van der Waals surface area contributed by atoms with E-state index in [0.29, 0.717) is 23.9 Å². The van der Waals surface area contributed by atoms with Gasteiger partial charge in [-0.3, -0.25) is 9.59 Å². The van der Waals surface area contributed by atoms with Crippen LogP contribution in [0.5, 0.6) is 0 Å².